The molecule has 132 valence electrons. The van der Waals surface area contributed by atoms with E-state index in [1.807, 2.05) is 0 Å². The van der Waals surface area contributed by atoms with Gasteiger partial charge in [0.05, 0.1) is 6.61 Å². The minimum absolute atomic E-state index is 0.0184. The van der Waals surface area contributed by atoms with Gasteiger partial charge in [-0.25, -0.2) is 0 Å². The second-order valence-electron chi connectivity index (χ2n) is 7.43. The number of carbonyl (C=O) groups is 1. The Hall–Kier alpha value is -1.51. The van der Waals surface area contributed by atoms with Crippen LogP contribution in [0.25, 0.3) is 0 Å². The molecule has 2 aliphatic rings. The highest BCUT2D eigenvalue weighted by atomic mass is 16.5. The van der Waals surface area contributed by atoms with Crippen molar-refractivity contribution in [3.63, 3.8) is 0 Å². The summed E-state index contributed by atoms with van der Waals surface area (Å²) in [6.45, 7) is 2.34. The van der Waals surface area contributed by atoms with E-state index in [0.29, 0.717) is 11.8 Å². The Labute approximate surface area is 145 Å². The average molecular weight is 330 g/mol. The minimum atomic E-state index is -0.170. The van der Waals surface area contributed by atoms with Gasteiger partial charge in [0.15, 0.2) is 0 Å². The highest BCUT2D eigenvalue weighted by Crippen LogP contribution is 2.36. The van der Waals surface area contributed by atoms with Crippen LogP contribution in [0.1, 0.15) is 76.2 Å². The molecular weight excluding hydrogens is 300 g/mol. The van der Waals surface area contributed by atoms with Crippen molar-refractivity contribution < 1.29 is 14.3 Å². The van der Waals surface area contributed by atoms with Crippen LogP contribution in [0.3, 0.4) is 0 Å². The van der Waals surface area contributed by atoms with Gasteiger partial charge in [-0.3, -0.25) is 4.79 Å². The fraction of sp³-hybridized carbons (Fsp3) is 0.667. The van der Waals surface area contributed by atoms with Crippen molar-refractivity contribution in [3.8, 4) is 5.75 Å². The lowest BCUT2D eigenvalue weighted by Crippen LogP contribution is -2.27. The molecule has 0 radical (unpaired) electrons. The molecular formula is C21H30O3. The van der Waals surface area contributed by atoms with Crippen molar-refractivity contribution in [1.29, 1.82) is 0 Å². The molecule has 0 bridgehead atoms. The Morgan fingerprint density at radius 3 is 2.58 bits per heavy atom. The molecule has 0 heterocycles. The highest BCUT2D eigenvalue weighted by molar-refractivity contribution is 5.66. The molecule has 2 atom stereocenters. The summed E-state index contributed by atoms with van der Waals surface area (Å²) in [4.78, 5) is 11.4. The zero-order valence-electron chi connectivity index (χ0n) is 14.8. The van der Waals surface area contributed by atoms with Gasteiger partial charge < -0.3 is 9.47 Å². The van der Waals surface area contributed by atoms with Gasteiger partial charge in [-0.1, -0.05) is 37.8 Å². The molecule has 3 heteroatoms. The topological polar surface area (TPSA) is 35.5 Å². The molecule has 24 heavy (non-hydrogen) atoms. The number of ether oxygens (including phenoxy) is 2. The van der Waals surface area contributed by atoms with Gasteiger partial charge >= 0.3 is 5.97 Å². The van der Waals surface area contributed by atoms with Crippen LogP contribution in [0, 0.1) is 5.92 Å². The van der Waals surface area contributed by atoms with Crippen LogP contribution in [-0.4, -0.2) is 18.7 Å². The molecule has 2 aliphatic carbocycles. The number of carbonyl (C=O) groups excluding carboxylic acids is 1. The lowest BCUT2D eigenvalue weighted by Gasteiger charge is -2.31. The molecule has 2 fully saturated rings. The first-order valence-corrected chi connectivity index (χ1v) is 9.62. The lowest BCUT2D eigenvalue weighted by atomic mass is 9.81. The van der Waals surface area contributed by atoms with E-state index in [0.717, 1.165) is 31.6 Å². The third-order valence-electron chi connectivity index (χ3n) is 5.52. The molecule has 0 aliphatic heterocycles. The Morgan fingerprint density at radius 1 is 1.04 bits per heavy atom. The normalized spacial score (nSPS) is 25.2. The number of hydrogen-bond acceptors (Lipinski definition) is 3. The Morgan fingerprint density at radius 2 is 1.79 bits per heavy atom. The third kappa shape index (κ3) is 4.75. The van der Waals surface area contributed by atoms with Crippen molar-refractivity contribution in [3.05, 3.63) is 29.8 Å². The van der Waals surface area contributed by atoms with Gasteiger partial charge in [-0.15, -0.1) is 0 Å². The zero-order valence-corrected chi connectivity index (χ0v) is 14.8. The maximum absolute atomic E-state index is 11.4. The fourth-order valence-electron chi connectivity index (χ4n) is 4.24. The smallest absolute Gasteiger partial charge is 0.302 e. The first kappa shape index (κ1) is 17.3. The largest absolute Gasteiger partial charge is 0.493 e. The van der Waals surface area contributed by atoms with E-state index < -0.39 is 0 Å². The predicted octanol–water partition coefficient (Wildman–Crippen LogP) is 5.24. The summed E-state index contributed by atoms with van der Waals surface area (Å²) in [6.07, 6.45) is 11.1. The standard InChI is InChI=1S/C21H30O3/c1-16(22)24-21-13-6-5-12-20(21)18-10-7-11-19(14-18)23-15-17-8-3-2-4-9-17/h7,10-11,14,17,20-21H,2-6,8-9,12-13,15H2,1H3. The summed E-state index contributed by atoms with van der Waals surface area (Å²) in [5.74, 6) is 1.81. The van der Waals surface area contributed by atoms with Crippen molar-refractivity contribution in [2.75, 3.05) is 6.61 Å². The van der Waals surface area contributed by atoms with Gasteiger partial charge in [0, 0.05) is 12.8 Å². The summed E-state index contributed by atoms with van der Waals surface area (Å²) in [5.41, 5.74) is 1.25. The van der Waals surface area contributed by atoms with Crippen LogP contribution < -0.4 is 4.74 Å². The molecule has 1 aromatic rings. The summed E-state index contributed by atoms with van der Waals surface area (Å²) in [7, 11) is 0. The van der Waals surface area contributed by atoms with E-state index in [4.69, 9.17) is 9.47 Å². The third-order valence-corrected chi connectivity index (χ3v) is 5.52. The molecule has 3 rings (SSSR count). The van der Waals surface area contributed by atoms with Crippen molar-refractivity contribution in [1.82, 2.24) is 0 Å². The quantitative estimate of drug-likeness (QED) is 0.693. The maximum atomic E-state index is 11.4. The van der Waals surface area contributed by atoms with Crippen molar-refractivity contribution >= 4 is 5.97 Å². The molecule has 0 spiro atoms. The Kier molecular flexibility index (Phi) is 6.17. The van der Waals surface area contributed by atoms with Gasteiger partial charge in [-0.05, 0) is 55.7 Å². The van der Waals surface area contributed by atoms with E-state index in [2.05, 4.69) is 24.3 Å². The van der Waals surface area contributed by atoms with Gasteiger partial charge in [0.2, 0.25) is 0 Å². The van der Waals surface area contributed by atoms with Gasteiger partial charge in [-0.2, -0.15) is 0 Å². The van der Waals surface area contributed by atoms with Gasteiger partial charge in [0.1, 0.15) is 11.9 Å². The second-order valence-corrected chi connectivity index (χ2v) is 7.43. The van der Waals surface area contributed by atoms with Crippen molar-refractivity contribution in [2.24, 2.45) is 5.92 Å². The summed E-state index contributed by atoms with van der Waals surface area (Å²) >= 11 is 0. The van der Waals surface area contributed by atoms with Crippen molar-refractivity contribution in [2.45, 2.75) is 76.7 Å². The Balaban J connectivity index is 1.63. The summed E-state index contributed by atoms with van der Waals surface area (Å²) in [5, 5.41) is 0. The first-order valence-electron chi connectivity index (χ1n) is 9.62. The van der Waals surface area contributed by atoms with E-state index in [1.54, 1.807) is 0 Å². The van der Waals surface area contributed by atoms with Crippen LogP contribution in [0.4, 0.5) is 0 Å². The molecule has 0 amide bonds. The number of rotatable bonds is 5. The van der Waals surface area contributed by atoms with Crippen LogP contribution in [-0.2, 0) is 9.53 Å². The zero-order chi connectivity index (χ0) is 16.8. The number of hydrogen-bond donors (Lipinski definition) is 0. The van der Waals surface area contributed by atoms with E-state index >= 15 is 0 Å². The van der Waals surface area contributed by atoms with E-state index in [9.17, 15) is 4.79 Å². The molecule has 2 saturated carbocycles. The lowest BCUT2D eigenvalue weighted by molar-refractivity contribution is -0.148. The van der Waals surface area contributed by atoms with E-state index in [-0.39, 0.29) is 12.1 Å². The Bertz CT molecular complexity index is 534. The maximum Gasteiger partial charge on any atom is 0.302 e. The van der Waals surface area contributed by atoms with E-state index in [1.165, 1.54) is 51.0 Å². The highest BCUT2D eigenvalue weighted by Gasteiger charge is 2.29. The van der Waals surface area contributed by atoms with Gasteiger partial charge in [0.25, 0.3) is 0 Å². The molecule has 2 unspecified atom stereocenters. The summed E-state index contributed by atoms with van der Waals surface area (Å²) in [6, 6.07) is 8.44. The average Bonchev–Trinajstić information content (AvgIpc) is 2.61. The molecule has 1 aromatic carbocycles. The fourth-order valence-corrected chi connectivity index (χ4v) is 4.24. The predicted molar refractivity (Wildman–Crippen MR) is 95.3 cm³/mol. The SMILES string of the molecule is CC(=O)OC1CCCCC1c1cccc(OCC2CCCCC2)c1. The van der Waals surface area contributed by atoms with Crippen LogP contribution in [0.5, 0.6) is 5.75 Å². The molecule has 0 N–H and O–H groups in total. The first-order chi connectivity index (χ1) is 11.7. The number of esters is 1. The van der Waals surface area contributed by atoms with Crippen LogP contribution in [0.15, 0.2) is 24.3 Å². The molecule has 0 saturated heterocycles. The second kappa shape index (κ2) is 8.55. The monoisotopic (exact) mass is 330 g/mol. The minimum Gasteiger partial charge on any atom is -0.493 e. The summed E-state index contributed by atoms with van der Waals surface area (Å²) < 4.78 is 11.7. The molecule has 0 aromatic heterocycles. The van der Waals surface area contributed by atoms with Crippen LogP contribution in [0.2, 0.25) is 0 Å². The number of benzene rings is 1. The van der Waals surface area contributed by atoms with Crippen LogP contribution >= 0.6 is 0 Å². The molecule has 3 nitrogen and oxygen atoms in total.